The summed E-state index contributed by atoms with van der Waals surface area (Å²) in [4.78, 5) is 0.269. The van der Waals surface area contributed by atoms with Crippen molar-refractivity contribution in [3.8, 4) is 11.3 Å². The van der Waals surface area contributed by atoms with E-state index >= 15 is 0 Å². The third-order valence-electron chi connectivity index (χ3n) is 4.19. The van der Waals surface area contributed by atoms with E-state index < -0.39 is 10.0 Å². The Hall–Kier alpha value is -2.85. The highest BCUT2D eigenvalue weighted by atomic mass is 32.2. The number of rotatable bonds is 3. The van der Waals surface area contributed by atoms with Crippen LogP contribution in [0, 0.1) is 13.0 Å². The van der Waals surface area contributed by atoms with E-state index in [1.165, 1.54) is 3.97 Å². The minimum absolute atomic E-state index is 0.269. The SMILES string of the molecule is Cc1ccc(S(=O)(=O)n2c(-c3ccccc3)[c]c3ccccc32)cc1. The van der Waals surface area contributed by atoms with Crippen molar-refractivity contribution in [3.63, 3.8) is 0 Å². The second-order valence-corrected chi connectivity index (χ2v) is 7.73. The maximum atomic E-state index is 13.4. The number of nitrogens with zero attached hydrogens (tertiary/aromatic N) is 1. The zero-order valence-corrected chi connectivity index (χ0v) is 14.5. The van der Waals surface area contributed by atoms with Crippen LogP contribution in [0.4, 0.5) is 0 Å². The Morgan fingerprint density at radius 3 is 2.16 bits per heavy atom. The highest BCUT2D eigenvalue weighted by molar-refractivity contribution is 7.90. The molecule has 1 radical (unpaired) electrons. The highest BCUT2D eigenvalue weighted by Gasteiger charge is 2.23. The van der Waals surface area contributed by atoms with E-state index in [2.05, 4.69) is 6.07 Å². The van der Waals surface area contributed by atoms with Gasteiger partial charge in [-0.25, -0.2) is 12.4 Å². The topological polar surface area (TPSA) is 39.1 Å². The van der Waals surface area contributed by atoms with E-state index in [1.807, 2.05) is 73.7 Å². The van der Waals surface area contributed by atoms with Crippen LogP contribution in [-0.4, -0.2) is 12.4 Å². The van der Waals surface area contributed by atoms with Gasteiger partial charge in [0, 0.05) is 11.5 Å². The summed E-state index contributed by atoms with van der Waals surface area (Å²) in [5.41, 5.74) is 3.00. The van der Waals surface area contributed by atoms with Gasteiger partial charge < -0.3 is 0 Å². The van der Waals surface area contributed by atoms with Gasteiger partial charge in [0.1, 0.15) is 0 Å². The van der Waals surface area contributed by atoms with Crippen LogP contribution in [0.1, 0.15) is 5.56 Å². The van der Waals surface area contributed by atoms with E-state index in [1.54, 1.807) is 12.1 Å². The molecule has 0 fully saturated rings. The third kappa shape index (κ3) is 2.65. The average molecular weight is 346 g/mol. The Bertz CT molecular complexity index is 1140. The van der Waals surface area contributed by atoms with Crippen molar-refractivity contribution < 1.29 is 8.42 Å². The van der Waals surface area contributed by atoms with Crippen molar-refractivity contribution in [1.29, 1.82) is 0 Å². The van der Waals surface area contributed by atoms with Gasteiger partial charge in [0.15, 0.2) is 0 Å². The molecular weight excluding hydrogens is 330 g/mol. The van der Waals surface area contributed by atoms with Crippen LogP contribution >= 0.6 is 0 Å². The molecule has 4 rings (SSSR count). The molecule has 0 bridgehead atoms. The van der Waals surface area contributed by atoms with Gasteiger partial charge in [-0.3, -0.25) is 0 Å². The first-order valence-corrected chi connectivity index (χ1v) is 9.42. The molecule has 25 heavy (non-hydrogen) atoms. The summed E-state index contributed by atoms with van der Waals surface area (Å²) < 4.78 is 28.1. The number of aromatic nitrogens is 1. The third-order valence-corrected chi connectivity index (χ3v) is 5.91. The second kappa shape index (κ2) is 5.90. The molecule has 0 N–H and O–H groups in total. The Morgan fingerprint density at radius 2 is 1.44 bits per heavy atom. The van der Waals surface area contributed by atoms with Gasteiger partial charge >= 0.3 is 0 Å². The maximum Gasteiger partial charge on any atom is 0.268 e. The molecule has 1 heterocycles. The molecule has 0 aliphatic heterocycles. The van der Waals surface area contributed by atoms with E-state index in [0.29, 0.717) is 11.2 Å². The lowest BCUT2D eigenvalue weighted by Gasteiger charge is -2.12. The predicted octanol–water partition coefficient (Wildman–Crippen LogP) is 4.65. The van der Waals surface area contributed by atoms with E-state index in [4.69, 9.17) is 0 Å². The Balaban J connectivity index is 2.05. The number of hydrogen-bond acceptors (Lipinski definition) is 2. The molecule has 0 aliphatic rings. The molecule has 0 spiro atoms. The maximum absolute atomic E-state index is 13.4. The van der Waals surface area contributed by atoms with Crippen molar-refractivity contribution in [1.82, 2.24) is 3.97 Å². The Kier molecular flexibility index (Phi) is 3.70. The summed E-state index contributed by atoms with van der Waals surface area (Å²) in [6.07, 6.45) is 0. The Morgan fingerprint density at radius 1 is 0.800 bits per heavy atom. The zero-order chi connectivity index (χ0) is 17.4. The molecule has 0 unspecified atom stereocenters. The lowest BCUT2D eigenvalue weighted by atomic mass is 10.1. The number of fused-ring (bicyclic) bond motifs is 1. The minimum Gasteiger partial charge on any atom is -0.233 e. The van der Waals surface area contributed by atoms with Gasteiger partial charge in [0.25, 0.3) is 10.0 Å². The van der Waals surface area contributed by atoms with Crippen molar-refractivity contribution in [2.45, 2.75) is 11.8 Å². The molecule has 3 aromatic carbocycles. The molecule has 4 heteroatoms. The van der Waals surface area contributed by atoms with Crippen LogP contribution in [0.3, 0.4) is 0 Å². The van der Waals surface area contributed by atoms with Gasteiger partial charge in [-0.15, -0.1) is 0 Å². The van der Waals surface area contributed by atoms with Gasteiger partial charge in [-0.05, 0) is 30.7 Å². The summed E-state index contributed by atoms with van der Waals surface area (Å²) in [7, 11) is -3.73. The lowest BCUT2D eigenvalue weighted by Crippen LogP contribution is -2.14. The molecule has 0 saturated heterocycles. The van der Waals surface area contributed by atoms with Crippen molar-refractivity contribution in [2.75, 3.05) is 0 Å². The van der Waals surface area contributed by atoms with Crippen LogP contribution in [0.25, 0.3) is 22.2 Å². The predicted molar refractivity (Wildman–Crippen MR) is 100.0 cm³/mol. The molecular formula is C21H16NO2S. The molecule has 0 saturated carbocycles. The summed E-state index contributed by atoms with van der Waals surface area (Å²) in [6.45, 7) is 1.94. The summed E-state index contributed by atoms with van der Waals surface area (Å²) in [5.74, 6) is 0. The fourth-order valence-corrected chi connectivity index (χ4v) is 4.41. The first kappa shape index (κ1) is 15.7. The number of hydrogen-bond donors (Lipinski definition) is 0. The van der Waals surface area contributed by atoms with E-state index in [-0.39, 0.29) is 4.90 Å². The minimum atomic E-state index is -3.73. The van der Waals surface area contributed by atoms with Crippen molar-refractivity contribution >= 4 is 20.9 Å². The molecule has 0 atom stereocenters. The highest BCUT2D eigenvalue weighted by Crippen LogP contribution is 2.31. The molecule has 123 valence electrons. The number of benzene rings is 3. The quantitative estimate of drug-likeness (QED) is 0.541. The lowest BCUT2D eigenvalue weighted by molar-refractivity contribution is 0.589. The zero-order valence-electron chi connectivity index (χ0n) is 13.7. The van der Waals surface area contributed by atoms with Crippen LogP contribution in [0.5, 0.6) is 0 Å². The molecule has 0 amide bonds. The summed E-state index contributed by atoms with van der Waals surface area (Å²) in [5, 5.41) is 0.775. The van der Waals surface area contributed by atoms with Crippen molar-refractivity contribution in [2.24, 2.45) is 0 Å². The van der Waals surface area contributed by atoms with Crippen LogP contribution < -0.4 is 0 Å². The van der Waals surface area contributed by atoms with Gasteiger partial charge in [0.2, 0.25) is 0 Å². The molecule has 4 aromatic rings. The number of para-hydroxylation sites is 1. The molecule has 1 aromatic heterocycles. The van der Waals surface area contributed by atoms with E-state index in [0.717, 1.165) is 16.5 Å². The Labute approximate surface area is 147 Å². The summed E-state index contributed by atoms with van der Waals surface area (Å²) >= 11 is 0. The first-order valence-electron chi connectivity index (χ1n) is 7.98. The largest absolute Gasteiger partial charge is 0.268 e. The van der Waals surface area contributed by atoms with Crippen LogP contribution in [0.15, 0.2) is 83.8 Å². The van der Waals surface area contributed by atoms with Gasteiger partial charge in [-0.1, -0.05) is 66.2 Å². The smallest absolute Gasteiger partial charge is 0.233 e. The molecule has 3 nitrogen and oxygen atoms in total. The average Bonchev–Trinajstić information content (AvgIpc) is 3.03. The first-order chi connectivity index (χ1) is 12.1. The second-order valence-electron chi connectivity index (χ2n) is 5.94. The standard InChI is InChI=1S/C21H16NO2S/c1-16-11-13-19(14-12-16)25(23,24)22-20-10-6-5-9-18(20)15-21(22)17-7-3-2-4-8-17/h2-14H,1H3. The van der Waals surface area contributed by atoms with Gasteiger partial charge in [-0.2, -0.15) is 0 Å². The fourth-order valence-electron chi connectivity index (χ4n) is 2.91. The van der Waals surface area contributed by atoms with Crippen molar-refractivity contribution in [3.05, 3.63) is 90.5 Å². The van der Waals surface area contributed by atoms with Crippen LogP contribution in [-0.2, 0) is 10.0 Å². The van der Waals surface area contributed by atoms with E-state index in [9.17, 15) is 8.42 Å². The van der Waals surface area contributed by atoms with Crippen LogP contribution in [0.2, 0.25) is 0 Å². The number of aryl methyl sites for hydroxylation is 1. The monoisotopic (exact) mass is 346 g/mol. The fraction of sp³-hybridized carbons (Fsp3) is 0.0476. The summed E-state index contributed by atoms with van der Waals surface area (Å²) in [6, 6.07) is 27.1. The normalized spacial score (nSPS) is 11.7. The molecule has 0 aliphatic carbocycles. The van der Waals surface area contributed by atoms with Gasteiger partial charge in [0.05, 0.1) is 16.1 Å².